The van der Waals surface area contributed by atoms with Gasteiger partial charge in [0.05, 0.1) is 0 Å². The molecule has 82 valence electrons. The minimum absolute atomic E-state index is 0.428. The molecule has 0 aliphatic rings. The Hall–Kier alpha value is -0.600. The van der Waals surface area contributed by atoms with Crippen LogP contribution in [-0.4, -0.2) is 5.75 Å². The van der Waals surface area contributed by atoms with Gasteiger partial charge in [-0.3, -0.25) is 0 Å². The van der Waals surface area contributed by atoms with Gasteiger partial charge in [0.25, 0.3) is 0 Å². The highest BCUT2D eigenvalue weighted by atomic mass is 35.5. The quantitative estimate of drug-likeness (QED) is 0.553. The van der Waals surface area contributed by atoms with Gasteiger partial charge in [0.15, 0.2) is 5.22 Å². The van der Waals surface area contributed by atoms with Crippen molar-refractivity contribution in [1.29, 1.82) is 0 Å². The molecule has 3 heteroatoms. The molecule has 1 aromatic carbocycles. The Balaban J connectivity index is 2.47. The Labute approximate surface area is 100 Å². The van der Waals surface area contributed by atoms with Crippen molar-refractivity contribution in [2.75, 3.05) is 5.75 Å². The maximum Gasteiger partial charge on any atom is 0.200 e. The Morgan fingerprint density at radius 3 is 2.67 bits per heavy atom. The summed E-state index contributed by atoms with van der Waals surface area (Å²) in [4.78, 5) is 0. The van der Waals surface area contributed by atoms with Gasteiger partial charge in [0.2, 0.25) is 0 Å². The second-order valence-corrected chi connectivity index (χ2v) is 4.56. The van der Waals surface area contributed by atoms with Gasteiger partial charge in [-0.05, 0) is 42.8 Å². The minimum Gasteiger partial charge on any atom is -0.445 e. The van der Waals surface area contributed by atoms with Crippen molar-refractivity contribution >= 4 is 23.4 Å². The fourth-order valence-electron chi connectivity index (χ4n) is 0.985. The lowest BCUT2D eigenvalue weighted by Gasteiger charge is -2.03. The van der Waals surface area contributed by atoms with Crippen LogP contribution in [-0.2, 0) is 0 Å². The van der Waals surface area contributed by atoms with Crippen LogP contribution in [0.2, 0.25) is 0 Å². The summed E-state index contributed by atoms with van der Waals surface area (Å²) in [5.41, 5.74) is 1.21. The van der Waals surface area contributed by atoms with E-state index < -0.39 is 0 Å². The zero-order valence-corrected chi connectivity index (χ0v) is 10.6. The van der Waals surface area contributed by atoms with Gasteiger partial charge in [-0.25, -0.2) is 0 Å². The molecule has 1 aromatic rings. The van der Waals surface area contributed by atoms with Gasteiger partial charge < -0.3 is 4.74 Å². The monoisotopic (exact) mass is 242 g/mol. The highest BCUT2D eigenvalue weighted by Crippen LogP contribution is 2.19. The first-order valence-corrected chi connectivity index (χ1v) is 6.37. The van der Waals surface area contributed by atoms with Crippen LogP contribution in [0.4, 0.5) is 0 Å². The number of aryl methyl sites for hydroxylation is 1. The fourth-order valence-corrected chi connectivity index (χ4v) is 1.80. The van der Waals surface area contributed by atoms with Gasteiger partial charge in [0, 0.05) is 5.41 Å². The average Bonchev–Trinajstić information content (AvgIpc) is 2.22. The Morgan fingerprint density at radius 1 is 1.40 bits per heavy atom. The molecule has 0 radical (unpaired) electrons. The number of benzene rings is 1. The lowest BCUT2D eigenvalue weighted by Crippen LogP contribution is -1.87. The van der Waals surface area contributed by atoms with Crippen molar-refractivity contribution < 1.29 is 4.74 Å². The van der Waals surface area contributed by atoms with Crippen molar-refractivity contribution in [2.24, 2.45) is 0 Å². The molecule has 0 heterocycles. The third-order valence-electron chi connectivity index (χ3n) is 1.73. The Morgan fingerprint density at radius 2 is 2.07 bits per heavy atom. The first-order valence-electron chi connectivity index (χ1n) is 4.94. The van der Waals surface area contributed by atoms with Crippen LogP contribution in [0.25, 0.3) is 0 Å². The zero-order chi connectivity index (χ0) is 11.1. The Kier molecular flexibility index (Phi) is 5.66. The van der Waals surface area contributed by atoms with E-state index in [9.17, 15) is 0 Å². The van der Waals surface area contributed by atoms with Gasteiger partial charge in [-0.15, -0.1) is 11.8 Å². The largest absolute Gasteiger partial charge is 0.445 e. The van der Waals surface area contributed by atoms with E-state index in [2.05, 4.69) is 6.92 Å². The number of thioether (sulfide) groups is 1. The van der Waals surface area contributed by atoms with Crippen LogP contribution in [0.3, 0.4) is 0 Å². The summed E-state index contributed by atoms with van der Waals surface area (Å²) < 4.78 is 5.42. The van der Waals surface area contributed by atoms with Crippen LogP contribution in [0.5, 0.6) is 5.75 Å². The molecule has 1 nitrogen and oxygen atoms in total. The van der Waals surface area contributed by atoms with Crippen molar-refractivity contribution in [1.82, 2.24) is 0 Å². The molecule has 0 bridgehead atoms. The molecule has 0 spiro atoms. The average molecular weight is 243 g/mol. The normalized spacial score (nSPS) is 11.5. The van der Waals surface area contributed by atoms with Crippen molar-refractivity contribution in [3.05, 3.63) is 40.5 Å². The number of hydrogen-bond donors (Lipinski definition) is 0. The van der Waals surface area contributed by atoms with Crippen LogP contribution >= 0.6 is 23.4 Å². The van der Waals surface area contributed by atoms with Crippen molar-refractivity contribution in [3.63, 3.8) is 0 Å². The van der Waals surface area contributed by atoms with Gasteiger partial charge in [-0.2, -0.15) is 0 Å². The van der Waals surface area contributed by atoms with E-state index in [1.54, 1.807) is 11.8 Å². The maximum absolute atomic E-state index is 5.91. The summed E-state index contributed by atoms with van der Waals surface area (Å²) >= 11 is 7.57. The first kappa shape index (κ1) is 12.5. The van der Waals surface area contributed by atoms with E-state index in [1.807, 2.05) is 36.6 Å². The highest BCUT2D eigenvalue weighted by Gasteiger charge is 1.96. The van der Waals surface area contributed by atoms with Crippen LogP contribution in [0, 0.1) is 6.92 Å². The lowest BCUT2D eigenvalue weighted by molar-refractivity contribution is 0.464. The van der Waals surface area contributed by atoms with E-state index in [4.69, 9.17) is 16.3 Å². The number of hydrogen-bond acceptors (Lipinski definition) is 2. The third kappa shape index (κ3) is 5.14. The molecule has 0 aromatic heterocycles. The molecule has 0 N–H and O–H groups in total. The van der Waals surface area contributed by atoms with Gasteiger partial charge >= 0.3 is 0 Å². The van der Waals surface area contributed by atoms with E-state index in [-0.39, 0.29) is 0 Å². The number of rotatable bonds is 5. The topological polar surface area (TPSA) is 9.23 Å². The summed E-state index contributed by atoms with van der Waals surface area (Å²) in [6.45, 7) is 4.17. The molecule has 1 rings (SSSR count). The van der Waals surface area contributed by atoms with Crippen molar-refractivity contribution in [3.8, 4) is 5.75 Å². The number of halogens is 1. The van der Waals surface area contributed by atoms with E-state index in [0.717, 1.165) is 17.9 Å². The smallest absolute Gasteiger partial charge is 0.200 e. The molecule has 0 aliphatic heterocycles. The van der Waals surface area contributed by atoms with E-state index in [0.29, 0.717) is 5.22 Å². The SMILES string of the molecule is CCCS/C=C(/Cl)Oc1ccc(C)cc1. The van der Waals surface area contributed by atoms with Crippen molar-refractivity contribution in [2.45, 2.75) is 20.3 Å². The first-order chi connectivity index (χ1) is 7.22. The molecular weight excluding hydrogens is 228 g/mol. The Bertz CT molecular complexity index is 319. The summed E-state index contributed by atoms with van der Waals surface area (Å²) in [5, 5.41) is 2.27. The van der Waals surface area contributed by atoms with Gasteiger partial charge in [0.1, 0.15) is 5.75 Å². The fraction of sp³-hybridized carbons (Fsp3) is 0.333. The summed E-state index contributed by atoms with van der Waals surface area (Å²) in [6.07, 6.45) is 1.13. The third-order valence-corrected chi connectivity index (χ3v) is 3.07. The molecule has 0 atom stereocenters. The maximum atomic E-state index is 5.91. The van der Waals surface area contributed by atoms with Crippen LogP contribution in [0.15, 0.2) is 34.9 Å². The second kappa shape index (κ2) is 6.81. The summed E-state index contributed by atoms with van der Waals surface area (Å²) in [7, 11) is 0. The van der Waals surface area contributed by atoms with Crippen LogP contribution < -0.4 is 4.74 Å². The molecule has 0 saturated carbocycles. The van der Waals surface area contributed by atoms with E-state index in [1.165, 1.54) is 5.56 Å². The lowest BCUT2D eigenvalue weighted by atomic mass is 10.2. The van der Waals surface area contributed by atoms with Gasteiger partial charge in [-0.1, -0.05) is 24.6 Å². The predicted molar refractivity (Wildman–Crippen MR) is 68.5 cm³/mol. The summed E-state index contributed by atoms with van der Waals surface area (Å²) in [6, 6.07) is 7.82. The second-order valence-electron chi connectivity index (χ2n) is 3.21. The molecule has 0 aliphatic carbocycles. The molecule has 15 heavy (non-hydrogen) atoms. The molecule has 0 fully saturated rings. The summed E-state index contributed by atoms with van der Waals surface area (Å²) in [5.74, 6) is 1.84. The molecular formula is C12H15ClOS. The molecule has 0 saturated heterocycles. The standard InChI is InChI=1S/C12H15ClOS/c1-3-8-15-9-12(13)14-11-6-4-10(2)5-7-11/h4-7,9H,3,8H2,1-2H3/b12-9-. The predicted octanol–water partition coefficient (Wildman–Crippen LogP) is 4.55. The van der Waals surface area contributed by atoms with Crippen LogP contribution in [0.1, 0.15) is 18.9 Å². The minimum atomic E-state index is 0.428. The molecule has 0 unspecified atom stereocenters. The zero-order valence-electron chi connectivity index (χ0n) is 9.00. The highest BCUT2D eigenvalue weighted by molar-refractivity contribution is 8.02. The number of ether oxygens (including phenoxy) is 1. The molecule has 0 amide bonds. The van der Waals surface area contributed by atoms with E-state index >= 15 is 0 Å².